The third-order valence-corrected chi connectivity index (χ3v) is 1.41. The van der Waals surface area contributed by atoms with Gasteiger partial charge in [0.2, 0.25) is 0 Å². The summed E-state index contributed by atoms with van der Waals surface area (Å²) in [6.07, 6.45) is 5.24. The molecule has 1 aliphatic rings. The van der Waals surface area contributed by atoms with Crippen molar-refractivity contribution in [3.8, 4) is 0 Å². The maximum atomic E-state index is 10.5. The quantitative estimate of drug-likeness (QED) is 0.613. The van der Waals surface area contributed by atoms with Crippen LogP contribution < -0.4 is 0 Å². The van der Waals surface area contributed by atoms with Gasteiger partial charge in [-0.15, -0.1) is 0 Å². The summed E-state index contributed by atoms with van der Waals surface area (Å²) in [5.41, 5.74) is 0. The molecule has 0 aromatic rings. The second-order valence-corrected chi connectivity index (χ2v) is 2.10. The Labute approximate surface area is 68.6 Å². The number of hydrogen-bond acceptors (Lipinski definition) is 1. The van der Waals surface area contributed by atoms with Gasteiger partial charge in [-0.1, -0.05) is 6.42 Å². The van der Waals surface area contributed by atoms with Gasteiger partial charge in [0, 0.05) is 38.7 Å². The van der Waals surface area contributed by atoms with Gasteiger partial charge >= 0.3 is 0 Å². The van der Waals surface area contributed by atoms with Gasteiger partial charge in [0.05, 0.1) is 0 Å². The van der Waals surface area contributed by atoms with E-state index in [-0.39, 0.29) is 25.8 Å². The first-order chi connectivity index (χ1) is 3.39. The summed E-state index contributed by atoms with van der Waals surface area (Å²) in [7, 11) is 0. The minimum atomic E-state index is 0. The van der Waals surface area contributed by atoms with E-state index in [2.05, 4.69) is 0 Å². The molecule has 1 rings (SSSR count). The number of ketones is 1. The Hall–Kier alpha value is 0.540. The van der Waals surface area contributed by atoms with Crippen molar-refractivity contribution in [3.05, 3.63) is 0 Å². The first-order valence-corrected chi connectivity index (χ1v) is 2.91. The predicted molar refractivity (Wildman–Crippen MR) is 28.1 cm³/mol. The first kappa shape index (κ1) is 8.54. The number of Topliss-reactive ketones (excluding diaryl/α,β-unsaturated/α-hetero) is 1. The molecular formula is C6H10HfO. The topological polar surface area (TPSA) is 17.1 Å². The van der Waals surface area contributed by atoms with E-state index in [1.807, 2.05) is 0 Å². The Morgan fingerprint density at radius 1 is 1.00 bits per heavy atom. The average molecular weight is 277 g/mol. The third-order valence-electron chi connectivity index (χ3n) is 1.41. The molecule has 0 radical (unpaired) electrons. The van der Waals surface area contributed by atoms with E-state index in [4.69, 9.17) is 0 Å². The van der Waals surface area contributed by atoms with Crippen LogP contribution in [0.4, 0.5) is 0 Å². The Kier molecular flexibility index (Phi) is 4.72. The fourth-order valence-corrected chi connectivity index (χ4v) is 0.946. The largest absolute Gasteiger partial charge is 0.300 e. The van der Waals surface area contributed by atoms with E-state index >= 15 is 0 Å². The van der Waals surface area contributed by atoms with Crippen LogP contribution in [-0.2, 0) is 30.6 Å². The minimum Gasteiger partial charge on any atom is -0.300 e. The van der Waals surface area contributed by atoms with Crippen molar-refractivity contribution >= 4 is 5.78 Å². The minimum absolute atomic E-state index is 0. The van der Waals surface area contributed by atoms with E-state index in [9.17, 15) is 4.79 Å². The zero-order valence-corrected chi connectivity index (χ0v) is 8.54. The summed E-state index contributed by atoms with van der Waals surface area (Å²) in [6, 6.07) is 0. The molecule has 0 aromatic heterocycles. The van der Waals surface area contributed by atoms with Gasteiger partial charge < -0.3 is 0 Å². The van der Waals surface area contributed by atoms with Crippen LogP contribution >= 0.6 is 0 Å². The molecule has 0 saturated heterocycles. The van der Waals surface area contributed by atoms with Crippen molar-refractivity contribution in [2.75, 3.05) is 0 Å². The fraction of sp³-hybridized carbons (Fsp3) is 0.833. The maximum absolute atomic E-state index is 10.5. The van der Waals surface area contributed by atoms with Crippen LogP contribution in [0.15, 0.2) is 0 Å². The summed E-state index contributed by atoms with van der Waals surface area (Å²) >= 11 is 0. The Balaban J connectivity index is 0.000000490. The van der Waals surface area contributed by atoms with Crippen LogP contribution in [0.1, 0.15) is 32.1 Å². The second-order valence-electron chi connectivity index (χ2n) is 2.10. The van der Waals surface area contributed by atoms with Crippen LogP contribution in [-0.4, -0.2) is 5.78 Å². The zero-order valence-electron chi connectivity index (χ0n) is 4.94. The van der Waals surface area contributed by atoms with Gasteiger partial charge in [0.1, 0.15) is 5.78 Å². The molecule has 1 nitrogen and oxygen atoms in total. The maximum Gasteiger partial charge on any atom is 0.132 e. The van der Waals surface area contributed by atoms with Crippen molar-refractivity contribution in [2.45, 2.75) is 32.1 Å². The van der Waals surface area contributed by atoms with Gasteiger partial charge in [-0.3, -0.25) is 4.79 Å². The molecule has 0 heterocycles. The molecule has 0 spiro atoms. The second kappa shape index (κ2) is 4.42. The van der Waals surface area contributed by atoms with E-state index < -0.39 is 0 Å². The van der Waals surface area contributed by atoms with E-state index in [1.54, 1.807) is 0 Å². The molecule has 0 bridgehead atoms. The molecule has 1 fully saturated rings. The molecule has 8 heavy (non-hydrogen) atoms. The summed E-state index contributed by atoms with van der Waals surface area (Å²) in [6.45, 7) is 0. The van der Waals surface area contributed by atoms with E-state index in [0.29, 0.717) is 5.78 Å². The van der Waals surface area contributed by atoms with Crippen LogP contribution in [0.25, 0.3) is 0 Å². The molecule has 1 aliphatic carbocycles. The first-order valence-electron chi connectivity index (χ1n) is 2.91. The van der Waals surface area contributed by atoms with Crippen LogP contribution in [0.5, 0.6) is 0 Å². The molecule has 0 aliphatic heterocycles. The Bertz CT molecular complexity index is 72.6. The summed E-state index contributed by atoms with van der Waals surface area (Å²) in [4.78, 5) is 10.5. The average Bonchev–Trinajstić information content (AvgIpc) is 1.69. The molecule has 1 saturated carbocycles. The molecule has 0 atom stereocenters. The van der Waals surface area contributed by atoms with E-state index in [1.165, 1.54) is 6.42 Å². The Morgan fingerprint density at radius 3 is 1.75 bits per heavy atom. The summed E-state index contributed by atoms with van der Waals surface area (Å²) in [5, 5.41) is 0. The van der Waals surface area contributed by atoms with Crippen molar-refractivity contribution in [3.63, 3.8) is 0 Å². The number of rotatable bonds is 0. The molecule has 0 N–H and O–H groups in total. The van der Waals surface area contributed by atoms with Crippen molar-refractivity contribution < 1.29 is 30.6 Å². The van der Waals surface area contributed by atoms with Crippen LogP contribution in [0, 0.1) is 0 Å². The summed E-state index contributed by atoms with van der Waals surface area (Å²) in [5.74, 6) is 0.464. The summed E-state index contributed by atoms with van der Waals surface area (Å²) < 4.78 is 0. The number of carbonyl (C=O) groups is 1. The molecule has 0 amide bonds. The standard InChI is InChI=1S/C6H10O.Hf/c7-6-4-2-1-3-5-6;/h1-5H2;. The van der Waals surface area contributed by atoms with Gasteiger partial charge in [-0.2, -0.15) is 0 Å². The number of hydrogen-bond donors (Lipinski definition) is 0. The van der Waals surface area contributed by atoms with Crippen molar-refractivity contribution in [1.82, 2.24) is 0 Å². The number of carbonyl (C=O) groups excluding carboxylic acids is 1. The van der Waals surface area contributed by atoms with Gasteiger partial charge in [0.15, 0.2) is 0 Å². The zero-order chi connectivity index (χ0) is 5.11. The predicted octanol–water partition coefficient (Wildman–Crippen LogP) is 1.52. The molecule has 2 heteroatoms. The molecule has 44 valence electrons. The van der Waals surface area contributed by atoms with Gasteiger partial charge in [-0.25, -0.2) is 0 Å². The Morgan fingerprint density at radius 2 is 1.50 bits per heavy atom. The smallest absolute Gasteiger partial charge is 0.132 e. The van der Waals surface area contributed by atoms with E-state index in [0.717, 1.165) is 25.7 Å². The SMILES string of the molecule is O=C1CCCCC1.[Hf]. The van der Waals surface area contributed by atoms with Crippen molar-refractivity contribution in [2.24, 2.45) is 0 Å². The van der Waals surface area contributed by atoms with Gasteiger partial charge in [-0.05, 0) is 12.8 Å². The monoisotopic (exact) mass is 278 g/mol. The van der Waals surface area contributed by atoms with Crippen LogP contribution in [0.2, 0.25) is 0 Å². The third kappa shape index (κ3) is 2.75. The van der Waals surface area contributed by atoms with Gasteiger partial charge in [0.25, 0.3) is 0 Å². The van der Waals surface area contributed by atoms with Crippen LogP contribution in [0.3, 0.4) is 0 Å². The molecule has 0 aromatic carbocycles. The fourth-order valence-electron chi connectivity index (χ4n) is 0.946. The molecular weight excluding hydrogens is 267 g/mol. The molecule has 0 unspecified atom stereocenters. The normalized spacial score (nSPS) is 19.8. The van der Waals surface area contributed by atoms with Crippen molar-refractivity contribution in [1.29, 1.82) is 0 Å².